The Morgan fingerprint density at radius 2 is 0.925 bits per heavy atom. The number of fused-ring (bicyclic) bond motifs is 4. The van der Waals surface area contributed by atoms with Gasteiger partial charge in [0.2, 0.25) is 11.8 Å². The number of nitrogens with zero attached hydrogens (tertiary/aromatic N) is 6. The zero-order chi connectivity index (χ0) is 37.1. The third kappa shape index (κ3) is 6.29. The lowest BCUT2D eigenvalue weighted by molar-refractivity contribution is -0.369. The zero-order valence-corrected chi connectivity index (χ0v) is 29.2. The fourth-order valence-electron chi connectivity index (χ4n) is 5.60. The molecular formula is C35H26N6O10S2. The van der Waals surface area contributed by atoms with Crippen LogP contribution in [0.1, 0.15) is 22.5 Å². The van der Waals surface area contributed by atoms with Gasteiger partial charge in [-0.3, -0.25) is 19.1 Å². The first-order valence-electron chi connectivity index (χ1n) is 15.7. The van der Waals surface area contributed by atoms with Crippen LogP contribution in [0.3, 0.4) is 0 Å². The quantitative estimate of drug-likeness (QED) is 0.213. The minimum absolute atomic E-state index is 0.00171. The Hall–Kier alpha value is -6.34. The van der Waals surface area contributed by atoms with E-state index in [2.05, 4.69) is 20.2 Å². The van der Waals surface area contributed by atoms with Crippen molar-refractivity contribution in [2.24, 2.45) is 9.98 Å². The number of aromatic nitrogens is 4. The predicted molar refractivity (Wildman–Crippen MR) is 189 cm³/mol. The van der Waals surface area contributed by atoms with Gasteiger partial charge in [-0.05, 0) is 86.6 Å². The molecule has 4 aromatic carbocycles. The highest BCUT2D eigenvalue weighted by Crippen LogP contribution is 2.42. The third-order valence-electron chi connectivity index (χ3n) is 8.19. The van der Waals surface area contributed by atoms with Crippen molar-refractivity contribution < 1.29 is 44.9 Å². The molecule has 0 radical (unpaired) electrons. The van der Waals surface area contributed by atoms with Crippen LogP contribution in [0.25, 0.3) is 11.4 Å². The Morgan fingerprint density at radius 1 is 0.547 bits per heavy atom. The van der Waals surface area contributed by atoms with Crippen LogP contribution in [-0.4, -0.2) is 64.1 Å². The molecule has 18 heteroatoms. The highest BCUT2D eigenvalue weighted by atomic mass is 32.2. The van der Waals surface area contributed by atoms with E-state index in [9.17, 15) is 25.9 Å². The first kappa shape index (κ1) is 33.8. The van der Waals surface area contributed by atoms with Crippen molar-refractivity contribution in [2.45, 2.75) is 29.8 Å². The van der Waals surface area contributed by atoms with Gasteiger partial charge in [0.25, 0.3) is 20.2 Å². The summed E-state index contributed by atoms with van der Waals surface area (Å²) in [6, 6.07) is 24.2. The van der Waals surface area contributed by atoms with Gasteiger partial charge in [0.05, 0.1) is 43.7 Å². The molecule has 8 rings (SSSR count). The summed E-state index contributed by atoms with van der Waals surface area (Å²) >= 11 is 0. The summed E-state index contributed by atoms with van der Waals surface area (Å²) in [6.07, 6.45) is 0.504. The standard InChI is InChI=1S/C35H26N6O10S2/c1-21-27-19-36-29-7-3-5-9-31(29)48-35(50-33(27)40(38-21)23-11-15-25(16-12-23)52(42,43)44)49-32-10-6-4-8-30(32)37-20-28-22(2)39-41(34(28)51-35)24-13-17-26(18-14-24)53(45,46)47/h3-20H,1-2H3,(H,42,43,44)(H,45,46,47)/b36-19+,37-20+. The number of aryl methyl sites for hydroxylation is 2. The average molecular weight is 755 g/mol. The first-order valence-corrected chi connectivity index (χ1v) is 18.5. The summed E-state index contributed by atoms with van der Waals surface area (Å²) in [4.78, 5) is 8.67. The average Bonchev–Trinajstić information content (AvgIpc) is 3.63. The lowest BCUT2D eigenvalue weighted by atomic mass is 10.2. The molecule has 268 valence electrons. The van der Waals surface area contributed by atoms with Gasteiger partial charge in [-0.1, -0.05) is 24.3 Å². The molecule has 0 aliphatic carbocycles. The molecule has 16 nitrogen and oxygen atoms in total. The fourth-order valence-corrected chi connectivity index (χ4v) is 6.56. The maximum Gasteiger partial charge on any atom is 0.613 e. The Kier molecular flexibility index (Phi) is 7.91. The number of aliphatic imine (C=N–C) groups is 2. The van der Waals surface area contributed by atoms with Crippen LogP contribution in [0.2, 0.25) is 0 Å². The van der Waals surface area contributed by atoms with Crippen molar-refractivity contribution in [3.05, 3.63) is 120 Å². The van der Waals surface area contributed by atoms with Gasteiger partial charge in [-0.15, -0.1) is 0 Å². The molecule has 6 aromatic rings. The maximum atomic E-state index is 11.8. The number of rotatable bonds is 4. The monoisotopic (exact) mass is 754 g/mol. The molecule has 2 aliphatic rings. The van der Waals surface area contributed by atoms with Crippen LogP contribution in [0.4, 0.5) is 11.4 Å². The van der Waals surface area contributed by atoms with Crippen LogP contribution >= 0.6 is 0 Å². The second-order valence-electron chi connectivity index (χ2n) is 11.7. The minimum Gasteiger partial charge on any atom is -0.384 e. The fraction of sp³-hybridized carbons (Fsp3) is 0.0857. The second-order valence-corrected chi connectivity index (χ2v) is 14.6. The van der Waals surface area contributed by atoms with E-state index >= 15 is 0 Å². The summed E-state index contributed by atoms with van der Waals surface area (Å²) in [5, 5.41) is 9.32. The largest absolute Gasteiger partial charge is 0.613 e. The van der Waals surface area contributed by atoms with Crippen molar-refractivity contribution in [3.8, 4) is 34.6 Å². The van der Waals surface area contributed by atoms with Crippen molar-refractivity contribution in [3.63, 3.8) is 0 Å². The number of para-hydroxylation sites is 4. The van der Waals surface area contributed by atoms with E-state index in [0.717, 1.165) is 0 Å². The van der Waals surface area contributed by atoms with E-state index in [4.69, 9.17) is 18.9 Å². The van der Waals surface area contributed by atoms with Crippen LogP contribution in [0.15, 0.2) is 117 Å². The molecule has 0 saturated heterocycles. The number of ether oxygens (including phenoxy) is 4. The molecule has 2 aromatic heterocycles. The highest BCUT2D eigenvalue weighted by molar-refractivity contribution is 7.86. The third-order valence-corrected chi connectivity index (χ3v) is 9.93. The van der Waals surface area contributed by atoms with Crippen molar-refractivity contribution in [2.75, 3.05) is 0 Å². The molecular weight excluding hydrogens is 729 g/mol. The van der Waals surface area contributed by atoms with E-state index in [1.807, 2.05) is 0 Å². The lowest BCUT2D eigenvalue weighted by Gasteiger charge is -2.32. The van der Waals surface area contributed by atoms with E-state index < -0.39 is 26.4 Å². The summed E-state index contributed by atoms with van der Waals surface area (Å²) < 4.78 is 95.8. The van der Waals surface area contributed by atoms with E-state index in [1.165, 1.54) is 70.3 Å². The van der Waals surface area contributed by atoms with Gasteiger partial charge in [-0.25, -0.2) is 0 Å². The van der Waals surface area contributed by atoms with Gasteiger partial charge in [0.15, 0.2) is 11.5 Å². The van der Waals surface area contributed by atoms with Gasteiger partial charge in [-0.2, -0.15) is 36.4 Å². The normalized spacial score (nSPS) is 15.8. The molecule has 0 bridgehead atoms. The van der Waals surface area contributed by atoms with Gasteiger partial charge in [0, 0.05) is 12.4 Å². The van der Waals surface area contributed by atoms with E-state index in [0.29, 0.717) is 45.3 Å². The topological polar surface area (TPSA) is 206 Å². The number of benzene rings is 4. The zero-order valence-electron chi connectivity index (χ0n) is 27.6. The Morgan fingerprint density at radius 3 is 1.30 bits per heavy atom. The molecule has 0 saturated carbocycles. The highest BCUT2D eigenvalue weighted by Gasteiger charge is 2.49. The molecule has 1 spiro atoms. The SMILES string of the molecule is Cc1nn(-c2ccc(S(=O)(=O)O)cc2)c2c1/C=N/c1ccccc1OC1(Oc3ccccc3/N=C/c3c(C)nn(-c4ccc(S(=O)(=O)O)cc4)c3O1)O2. The summed E-state index contributed by atoms with van der Waals surface area (Å²) in [7, 11) is -8.98. The van der Waals surface area contributed by atoms with Gasteiger partial charge in [0.1, 0.15) is 11.4 Å². The molecule has 2 N–H and O–H groups in total. The molecule has 0 unspecified atom stereocenters. The Labute approximate surface area is 301 Å². The molecule has 0 atom stereocenters. The van der Waals surface area contributed by atoms with Crippen molar-refractivity contribution in [1.82, 2.24) is 19.6 Å². The van der Waals surface area contributed by atoms with E-state index in [-0.39, 0.29) is 33.0 Å². The summed E-state index contributed by atoms with van der Waals surface area (Å²) in [5.41, 5.74) is 3.06. The molecule has 2 aliphatic heterocycles. The van der Waals surface area contributed by atoms with Crippen molar-refractivity contribution >= 4 is 44.0 Å². The summed E-state index contributed by atoms with van der Waals surface area (Å²) in [6.45, 7) is 3.44. The van der Waals surface area contributed by atoms with Crippen molar-refractivity contribution in [1.29, 1.82) is 0 Å². The van der Waals surface area contributed by atoms with Crippen LogP contribution in [-0.2, 0) is 20.2 Å². The molecule has 0 amide bonds. The van der Waals surface area contributed by atoms with E-state index in [1.54, 1.807) is 62.4 Å². The predicted octanol–water partition coefficient (Wildman–Crippen LogP) is 5.52. The number of hydrogen-bond donors (Lipinski definition) is 2. The smallest absolute Gasteiger partial charge is 0.384 e. The lowest BCUT2D eigenvalue weighted by Crippen LogP contribution is -2.54. The van der Waals surface area contributed by atoms with Crippen LogP contribution in [0.5, 0.6) is 23.3 Å². The second kappa shape index (κ2) is 12.4. The summed E-state index contributed by atoms with van der Waals surface area (Å²) in [5.74, 6) is 0.363. The van der Waals surface area contributed by atoms with Gasteiger partial charge < -0.3 is 18.9 Å². The minimum atomic E-state index is -4.49. The Balaban J connectivity index is 1.37. The maximum absolute atomic E-state index is 11.8. The molecule has 4 heterocycles. The van der Waals surface area contributed by atoms with Crippen LogP contribution < -0.4 is 18.9 Å². The van der Waals surface area contributed by atoms with Gasteiger partial charge >= 0.3 is 6.16 Å². The molecule has 53 heavy (non-hydrogen) atoms. The Bertz CT molecular complexity index is 2520. The molecule has 0 fully saturated rings. The first-order chi connectivity index (χ1) is 25.3. The number of hydrogen-bond acceptors (Lipinski definition) is 12. The van der Waals surface area contributed by atoms with Crippen LogP contribution in [0, 0.1) is 13.8 Å².